The van der Waals surface area contributed by atoms with Crippen LogP contribution in [0.1, 0.15) is 29.8 Å². The minimum Gasteiger partial charge on any atom is -0.481 e. The fourth-order valence-corrected chi connectivity index (χ4v) is 1.89. The number of aliphatic carboxylic acids is 1. The van der Waals surface area contributed by atoms with E-state index in [0.29, 0.717) is 18.7 Å². The molecule has 0 saturated heterocycles. The van der Waals surface area contributed by atoms with Crippen LogP contribution in [0.25, 0.3) is 0 Å². The lowest BCUT2D eigenvalue weighted by molar-refractivity contribution is -0.141. The van der Waals surface area contributed by atoms with Crippen LogP contribution in [0, 0.1) is 5.92 Å². The number of hydrogen-bond donors (Lipinski definition) is 1. The Kier molecular flexibility index (Phi) is 6.18. The molecule has 0 aliphatic rings. The highest BCUT2D eigenvalue weighted by molar-refractivity contribution is 5.89. The molecule has 0 aliphatic heterocycles. The lowest BCUT2D eigenvalue weighted by atomic mass is 10.1. The van der Waals surface area contributed by atoms with Crippen LogP contribution in [0.3, 0.4) is 0 Å². The van der Waals surface area contributed by atoms with Crippen molar-refractivity contribution in [2.45, 2.75) is 20.4 Å². The highest BCUT2D eigenvalue weighted by Crippen LogP contribution is 2.10. The van der Waals surface area contributed by atoms with Crippen LogP contribution < -0.4 is 0 Å². The van der Waals surface area contributed by atoms with E-state index in [4.69, 9.17) is 5.11 Å². The summed E-state index contributed by atoms with van der Waals surface area (Å²) in [5.41, 5.74) is 1.55. The number of esters is 1. The van der Waals surface area contributed by atoms with Gasteiger partial charge in [-0.1, -0.05) is 26.0 Å². The molecule has 110 valence electrons. The van der Waals surface area contributed by atoms with Crippen LogP contribution in [-0.2, 0) is 16.1 Å². The standard InChI is InChI=1S/C15H21NO4/c1-4-16(9-11(2)14(17)18)10-12-5-7-13(8-6-12)15(19)20-3/h5-8,11H,4,9-10H2,1-3H3,(H,17,18). The molecule has 1 rings (SSSR count). The van der Waals surface area contributed by atoms with Gasteiger partial charge in [-0.2, -0.15) is 0 Å². The van der Waals surface area contributed by atoms with E-state index in [1.54, 1.807) is 19.1 Å². The Hall–Kier alpha value is -1.88. The molecule has 0 heterocycles. The number of ether oxygens (including phenoxy) is 1. The van der Waals surface area contributed by atoms with E-state index in [-0.39, 0.29) is 5.97 Å². The highest BCUT2D eigenvalue weighted by atomic mass is 16.5. The lowest BCUT2D eigenvalue weighted by Gasteiger charge is -2.22. The van der Waals surface area contributed by atoms with Gasteiger partial charge in [-0.25, -0.2) is 4.79 Å². The average molecular weight is 279 g/mol. The number of methoxy groups -OCH3 is 1. The third-order valence-corrected chi connectivity index (χ3v) is 3.18. The minimum absolute atomic E-state index is 0.358. The number of carbonyl (C=O) groups excluding carboxylic acids is 1. The minimum atomic E-state index is -0.788. The zero-order valence-electron chi connectivity index (χ0n) is 12.1. The lowest BCUT2D eigenvalue weighted by Crippen LogP contribution is -2.31. The number of rotatable bonds is 7. The summed E-state index contributed by atoms with van der Waals surface area (Å²) in [5, 5.41) is 8.94. The van der Waals surface area contributed by atoms with Gasteiger partial charge in [0, 0.05) is 13.1 Å². The van der Waals surface area contributed by atoms with Crippen molar-refractivity contribution >= 4 is 11.9 Å². The summed E-state index contributed by atoms with van der Waals surface area (Å²) in [4.78, 5) is 24.3. The second-order valence-corrected chi connectivity index (χ2v) is 4.76. The Bertz CT molecular complexity index is 455. The second kappa shape index (κ2) is 7.65. The summed E-state index contributed by atoms with van der Waals surface area (Å²) in [5.74, 6) is -1.54. The number of nitrogens with zero attached hydrogens (tertiary/aromatic N) is 1. The molecule has 0 radical (unpaired) electrons. The summed E-state index contributed by atoms with van der Waals surface area (Å²) < 4.78 is 4.64. The van der Waals surface area contributed by atoms with E-state index in [1.165, 1.54) is 7.11 Å². The van der Waals surface area contributed by atoms with E-state index < -0.39 is 11.9 Å². The van der Waals surface area contributed by atoms with Gasteiger partial charge in [0.2, 0.25) is 0 Å². The van der Waals surface area contributed by atoms with Gasteiger partial charge in [0.25, 0.3) is 0 Å². The molecule has 0 bridgehead atoms. The molecule has 0 amide bonds. The van der Waals surface area contributed by atoms with Crippen molar-refractivity contribution in [3.05, 3.63) is 35.4 Å². The monoisotopic (exact) mass is 279 g/mol. The summed E-state index contributed by atoms with van der Waals surface area (Å²) in [7, 11) is 1.35. The van der Waals surface area contributed by atoms with Crippen LogP contribution in [-0.4, -0.2) is 42.1 Å². The van der Waals surface area contributed by atoms with Gasteiger partial charge in [-0.3, -0.25) is 9.69 Å². The van der Waals surface area contributed by atoms with Crippen molar-refractivity contribution in [2.75, 3.05) is 20.2 Å². The first-order valence-corrected chi connectivity index (χ1v) is 6.60. The van der Waals surface area contributed by atoms with Crippen LogP contribution in [0.2, 0.25) is 0 Å². The van der Waals surface area contributed by atoms with Crippen LogP contribution in [0.15, 0.2) is 24.3 Å². The molecule has 0 aliphatic carbocycles. The zero-order valence-corrected chi connectivity index (χ0v) is 12.1. The third kappa shape index (κ3) is 4.66. The molecule has 5 heteroatoms. The van der Waals surface area contributed by atoms with Gasteiger partial charge < -0.3 is 9.84 Å². The second-order valence-electron chi connectivity index (χ2n) is 4.76. The van der Waals surface area contributed by atoms with Gasteiger partial charge in [-0.05, 0) is 24.2 Å². The van der Waals surface area contributed by atoms with E-state index >= 15 is 0 Å². The van der Waals surface area contributed by atoms with Gasteiger partial charge in [-0.15, -0.1) is 0 Å². The van der Waals surface area contributed by atoms with Crippen LogP contribution >= 0.6 is 0 Å². The van der Waals surface area contributed by atoms with E-state index in [2.05, 4.69) is 9.64 Å². The van der Waals surface area contributed by atoms with Crippen molar-refractivity contribution in [1.82, 2.24) is 4.90 Å². The summed E-state index contributed by atoms with van der Waals surface area (Å²) in [6.45, 7) is 5.64. The Labute approximate surface area is 119 Å². The fourth-order valence-electron chi connectivity index (χ4n) is 1.89. The maximum atomic E-state index is 11.3. The molecule has 1 aromatic rings. The van der Waals surface area contributed by atoms with Gasteiger partial charge in [0.1, 0.15) is 0 Å². The smallest absolute Gasteiger partial charge is 0.337 e. The first-order chi connectivity index (χ1) is 9.47. The van der Waals surface area contributed by atoms with Crippen molar-refractivity contribution in [1.29, 1.82) is 0 Å². The van der Waals surface area contributed by atoms with Crippen molar-refractivity contribution in [3.63, 3.8) is 0 Å². The Morgan fingerprint density at radius 2 is 1.90 bits per heavy atom. The van der Waals surface area contributed by atoms with E-state index in [9.17, 15) is 9.59 Å². The molecular formula is C15H21NO4. The van der Waals surface area contributed by atoms with Crippen LogP contribution in [0.4, 0.5) is 0 Å². The topological polar surface area (TPSA) is 66.8 Å². The van der Waals surface area contributed by atoms with Crippen LogP contribution in [0.5, 0.6) is 0 Å². The number of carbonyl (C=O) groups is 2. The van der Waals surface area contributed by atoms with Gasteiger partial charge >= 0.3 is 11.9 Å². The molecular weight excluding hydrogens is 258 g/mol. The maximum absolute atomic E-state index is 11.3. The number of carboxylic acids is 1. The van der Waals surface area contributed by atoms with Gasteiger partial charge in [0.15, 0.2) is 0 Å². The largest absolute Gasteiger partial charge is 0.481 e. The normalized spacial score (nSPS) is 12.2. The Morgan fingerprint density at radius 3 is 2.35 bits per heavy atom. The first kappa shape index (κ1) is 16.2. The Balaban J connectivity index is 2.66. The van der Waals surface area contributed by atoms with Gasteiger partial charge in [0.05, 0.1) is 18.6 Å². The Morgan fingerprint density at radius 1 is 1.30 bits per heavy atom. The number of carboxylic acid groups (broad SMARTS) is 1. The fraction of sp³-hybridized carbons (Fsp3) is 0.467. The molecule has 0 spiro atoms. The number of benzene rings is 1. The maximum Gasteiger partial charge on any atom is 0.337 e. The van der Waals surface area contributed by atoms with E-state index in [0.717, 1.165) is 12.1 Å². The third-order valence-electron chi connectivity index (χ3n) is 3.18. The predicted octanol–water partition coefficient (Wildman–Crippen LogP) is 2.02. The summed E-state index contributed by atoms with van der Waals surface area (Å²) in [6.07, 6.45) is 0. The molecule has 1 aromatic carbocycles. The zero-order chi connectivity index (χ0) is 15.1. The van der Waals surface area contributed by atoms with Crippen molar-refractivity contribution in [3.8, 4) is 0 Å². The van der Waals surface area contributed by atoms with Crippen molar-refractivity contribution in [2.24, 2.45) is 5.92 Å². The molecule has 0 fully saturated rings. The predicted molar refractivity (Wildman–Crippen MR) is 75.5 cm³/mol. The summed E-state index contributed by atoms with van der Waals surface area (Å²) in [6, 6.07) is 7.16. The molecule has 0 saturated carbocycles. The average Bonchev–Trinajstić information content (AvgIpc) is 2.46. The molecule has 0 aromatic heterocycles. The SMILES string of the molecule is CCN(Cc1ccc(C(=O)OC)cc1)CC(C)C(=O)O. The first-order valence-electron chi connectivity index (χ1n) is 6.60. The quantitative estimate of drug-likeness (QED) is 0.773. The molecule has 1 unspecified atom stereocenters. The molecule has 1 atom stereocenters. The van der Waals surface area contributed by atoms with Crippen molar-refractivity contribution < 1.29 is 19.4 Å². The molecule has 20 heavy (non-hydrogen) atoms. The highest BCUT2D eigenvalue weighted by Gasteiger charge is 2.15. The molecule has 5 nitrogen and oxygen atoms in total. The summed E-state index contributed by atoms with van der Waals surface area (Å²) >= 11 is 0. The molecule has 1 N–H and O–H groups in total. The number of hydrogen-bond acceptors (Lipinski definition) is 4. The van der Waals surface area contributed by atoms with E-state index in [1.807, 2.05) is 19.1 Å².